The summed E-state index contributed by atoms with van der Waals surface area (Å²) in [6, 6.07) is 13.8. The van der Waals surface area contributed by atoms with Crippen molar-refractivity contribution in [2.75, 3.05) is 12.0 Å². The van der Waals surface area contributed by atoms with Gasteiger partial charge in [0.1, 0.15) is 6.04 Å². The van der Waals surface area contributed by atoms with Crippen molar-refractivity contribution in [3.05, 3.63) is 59.2 Å². The zero-order valence-corrected chi connectivity index (χ0v) is 25.0. The van der Waals surface area contributed by atoms with Crippen LogP contribution in [-0.2, 0) is 11.3 Å². The minimum Gasteiger partial charge on any atom is -0.480 e. The SMILES string of the molecule is C.CSCC[C@H](NC(=O)c1ccc(CN(C(C)C)C2(CC3CCCCC3)CC2)cc1-c1ccccc1C)C(=O)O. The summed E-state index contributed by atoms with van der Waals surface area (Å²) in [5.41, 5.74) is 5.02. The Kier molecular flexibility index (Phi) is 11.7. The lowest BCUT2D eigenvalue weighted by Gasteiger charge is -2.38. The molecule has 5 nitrogen and oxygen atoms in total. The van der Waals surface area contributed by atoms with Crippen molar-refractivity contribution in [1.29, 1.82) is 0 Å². The average Bonchev–Trinajstić information content (AvgIpc) is 3.69. The number of carbonyl (C=O) groups excluding carboxylic acids is 1. The number of benzene rings is 2. The van der Waals surface area contributed by atoms with E-state index in [1.807, 2.05) is 24.5 Å². The van der Waals surface area contributed by atoms with Crippen LogP contribution in [0.15, 0.2) is 42.5 Å². The molecule has 0 saturated heterocycles. The van der Waals surface area contributed by atoms with Crippen LogP contribution in [-0.4, -0.2) is 51.5 Å². The van der Waals surface area contributed by atoms with Crippen molar-refractivity contribution in [2.24, 2.45) is 5.92 Å². The van der Waals surface area contributed by atoms with E-state index in [1.54, 1.807) is 11.8 Å². The van der Waals surface area contributed by atoms with Gasteiger partial charge in [-0.3, -0.25) is 9.69 Å². The number of rotatable bonds is 13. The second-order valence-electron chi connectivity index (χ2n) is 12.0. The first-order valence-electron chi connectivity index (χ1n) is 14.7. The van der Waals surface area contributed by atoms with E-state index >= 15 is 0 Å². The zero-order chi connectivity index (χ0) is 28.0. The van der Waals surface area contributed by atoms with Gasteiger partial charge in [-0.15, -0.1) is 0 Å². The number of aryl methyl sites for hydroxylation is 1. The van der Waals surface area contributed by atoms with Gasteiger partial charge in [-0.05, 0) is 98.8 Å². The van der Waals surface area contributed by atoms with Crippen molar-refractivity contribution in [2.45, 2.75) is 110 Å². The summed E-state index contributed by atoms with van der Waals surface area (Å²) in [5, 5.41) is 12.5. The van der Waals surface area contributed by atoms with E-state index in [4.69, 9.17) is 0 Å². The first kappa shape index (κ1) is 32.2. The van der Waals surface area contributed by atoms with E-state index in [1.165, 1.54) is 56.9 Å². The molecule has 1 amide bonds. The molecular weight excluding hydrogens is 516 g/mol. The minimum atomic E-state index is -0.994. The molecule has 0 radical (unpaired) electrons. The van der Waals surface area contributed by atoms with E-state index in [-0.39, 0.29) is 13.3 Å². The van der Waals surface area contributed by atoms with E-state index in [0.717, 1.165) is 29.2 Å². The number of aliphatic carboxylic acids is 1. The Morgan fingerprint density at radius 2 is 1.77 bits per heavy atom. The van der Waals surface area contributed by atoms with E-state index in [0.29, 0.717) is 29.3 Å². The average molecular weight is 567 g/mol. The van der Waals surface area contributed by atoms with Gasteiger partial charge in [0, 0.05) is 23.7 Å². The van der Waals surface area contributed by atoms with E-state index in [2.05, 4.69) is 55.3 Å². The lowest BCUT2D eigenvalue weighted by atomic mass is 9.83. The molecule has 2 N–H and O–H groups in total. The predicted molar refractivity (Wildman–Crippen MR) is 169 cm³/mol. The molecule has 2 aromatic rings. The fourth-order valence-corrected chi connectivity index (χ4v) is 6.96. The van der Waals surface area contributed by atoms with Crippen LogP contribution in [0.5, 0.6) is 0 Å². The first-order valence-corrected chi connectivity index (χ1v) is 16.1. The molecule has 2 aromatic carbocycles. The molecule has 4 rings (SSSR count). The third-order valence-electron chi connectivity index (χ3n) is 8.78. The number of nitrogens with one attached hydrogen (secondary N) is 1. The van der Waals surface area contributed by atoms with Gasteiger partial charge in [0.2, 0.25) is 0 Å². The fourth-order valence-electron chi connectivity index (χ4n) is 6.49. The number of hydrogen-bond donors (Lipinski definition) is 2. The molecule has 2 aliphatic rings. The Bertz CT molecular complexity index is 1140. The molecule has 220 valence electrons. The van der Waals surface area contributed by atoms with Crippen molar-refractivity contribution >= 4 is 23.6 Å². The molecule has 2 fully saturated rings. The van der Waals surface area contributed by atoms with Gasteiger partial charge in [-0.1, -0.05) is 69.9 Å². The second-order valence-corrected chi connectivity index (χ2v) is 13.0. The molecule has 2 aliphatic carbocycles. The molecule has 40 heavy (non-hydrogen) atoms. The first-order chi connectivity index (χ1) is 18.7. The smallest absolute Gasteiger partial charge is 0.326 e. The van der Waals surface area contributed by atoms with Crippen LogP contribution in [0.2, 0.25) is 0 Å². The number of carbonyl (C=O) groups is 2. The molecule has 0 bridgehead atoms. The molecule has 6 heteroatoms. The van der Waals surface area contributed by atoms with Crippen LogP contribution in [0.25, 0.3) is 11.1 Å². The Balaban J connectivity index is 0.00000441. The molecule has 0 aliphatic heterocycles. The Morgan fingerprint density at radius 3 is 2.38 bits per heavy atom. The highest BCUT2D eigenvalue weighted by Crippen LogP contribution is 2.50. The van der Waals surface area contributed by atoms with Crippen LogP contribution in [0.3, 0.4) is 0 Å². The normalized spacial score (nSPS) is 17.4. The molecule has 0 aromatic heterocycles. The van der Waals surface area contributed by atoms with Gasteiger partial charge >= 0.3 is 5.97 Å². The van der Waals surface area contributed by atoms with Crippen LogP contribution in [0.1, 0.15) is 101 Å². The number of nitrogens with zero attached hydrogens (tertiary/aromatic N) is 1. The number of carboxylic acid groups (broad SMARTS) is 1. The van der Waals surface area contributed by atoms with Crippen LogP contribution in [0.4, 0.5) is 0 Å². The van der Waals surface area contributed by atoms with Gasteiger partial charge in [0.05, 0.1) is 0 Å². The molecule has 0 heterocycles. The molecule has 1 atom stereocenters. The van der Waals surface area contributed by atoms with Gasteiger partial charge in [-0.25, -0.2) is 4.79 Å². The highest BCUT2D eigenvalue weighted by molar-refractivity contribution is 7.98. The highest BCUT2D eigenvalue weighted by Gasteiger charge is 2.49. The van der Waals surface area contributed by atoms with Gasteiger partial charge < -0.3 is 10.4 Å². The van der Waals surface area contributed by atoms with Crippen molar-refractivity contribution in [3.8, 4) is 11.1 Å². The summed E-state index contributed by atoms with van der Waals surface area (Å²) >= 11 is 1.58. The standard InChI is InChI=1S/C33H46N2O3S.CH4/c1-23(2)35(33(17-18-33)21-25-11-6-5-7-12-25)22-26-14-15-28(29(20-26)27-13-9-8-10-24(27)3)31(36)34-30(32(37)38)16-19-39-4;/h8-10,13-15,20,23,25,30H,5-7,11-12,16-19,21-22H2,1-4H3,(H,34,36)(H,37,38);1H4/t30-;/m0./s1. The van der Waals surface area contributed by atoms with Crippen molar-refractivity contribution < 1.29 is 14.7 Å². The maximum absolute atomic E-state index is 13.5. The topological polar surface area (TPSA) is 69.6 Å². The van der Waals surface area contributed by atoms with E-state index < -0.39 is 12.0 Å². The second kappa shape index (κ2) is 14.5. The number of thioether (sulfide) groups is 1. The summed E-state index contributed by atoms with van der Waals surface area (Å²) in [6.07, 6.45) is 13.1. The van der Waals surface area contributed by atoms with Crippen molar-refractivity contribution in [1.82, 2.24) is 10.2 Å². The Hall–Kier alpha value is -2.31. The third-order valence-corrected chi connectivity index (χ3v) is 9.43. The van der Waals surface area contributed by atoms with Gasteiger partial charge in [0.25, 0.3) is 5.91 Å². The molecule has 0 unspecified atom stereocenters. The maximum Gasteiger partial charge on any atom is 0.326 e. The Labute approximate surface area is 246 Å². The summed E-state index contributed by atoms with van der Waals surface area (Å²) in [7, 11) is 0. The fraction of sp³-hybridized carbons (Fsp3) is 0.588. The van der Waals surface area contributed by atoms with Crippen molar-refractivity contribution in [3.63, 3.8) is 0 Å². The van der Waals surface area contributed by atoms with Crippen LogP contribution < -0.4 is 5.32 Å². The van der Waals surface area contributed by atoms with Crippen LogP contribution >= 0.6 is 11.8 Å². The molecular formula is C34H50N2O3S. The monoisotopic (exact) mass is 566 g/mol. The summed E-state index contributed by atoms with van der Waals surface area (Å²) in [6.45, 7) is 7.54. The summed E-state index contributed by atoms with van der Waals surface area (Å²) < 4.78 is 0. The lowest BCUT2D eigenvalue weighted by Crippen LogP contribution is -2.43. The largest absolute Gasteiger partial charge is 0.480 e. The third kappa shape index (κ3) is 7.91. The molecule has 2 saturated carbocycles. The zero-order valence-electron chi connectivity index (χ0n) is 24.2. The predicted octanol–water partition coefficient (Wildman–Crippen LogP) is 7.95. The number of hydrogen-bond acceptors (Lipinski definition) is 4. The quantitative estimate of drug-likeness (QED) is 0.257. The minimum absolute atomic E-state index is 0. The molecule has 0 spiro atoms. The number of carboxylic acids is 1. The van der Waals surface area contributed by atoms with Crippen LogP contribution in [0, 0.1) is 12.8 Å². The van der Waals surface area contributed by atoms with Gasteiger partial charge in [0.15, 0.2) is 0 Å². The van der Waals surface area contributed by atoms with E-state index in [9.17, 15) is 14.7 Å². The lowest BCUT2D eigenvalue weighted by molar-refractivity contribution is -0.139. The summed E-state index contributed by atoms with van der Waals surface area (Å²) in [5.74, 6) is 0.204. The number of amides is 1. The maximum atomic E-state index is 13.5. The van der Waals surface area contributed by atoms with Gasteiger partial charge in [-0.2, -0.15) is 11.8 Å². The Morgan fingerprint density at radius 1 is 1.07 bits per heavy atom. The highest BCUT2D eigenvalue weighted by atomic mass is 32.2. The summed E-state index contributed by atoms with van der Waals surface area (Å²) in [4.78, 5) is 28.0.